The highest BCUT2D eigenvalue weighted by molar-refractivity contribution is 7.98. The Hall–Kier alpha value is -2.33. The van der Waals surface area contributed by atoms with Crippen molar-refractivity contribution in [1.82, 2.24) is 14.6 Å². The Morgan fingerprint density at radius 3 is 2.71 bits per heavy atom. The van der Waals surface area contributed by atoms with Crippen LogP contribution in [0.1, 0.15) is 0 Å². The lowest BCUT2D eigenvalue weighted by Gasteiger charge is -2.03. The Kier molecular flexibility index (Phi) is 2.89. The molecule has 0 saturated carbocycles. The van der Waals surface area contributed by atoms with E-state index < -0.39 is 0 Å². The maximum Gasteiger partial charge on any atom is 0.164 e. The molecular formula is C17H13N3S. The second-order valence-electron chi connectivity index (χ2n) is 4.86. The zero-order chi connectivity index (χ0) is 14.2. The van der Waals surface area contributed by atoms with Crippen LogP contribution in [0.2, 0.25) is 0 Å². The fraction of sp³-hybridized carbons (Fsp3) is 0.0588. The Balaban J connectivity index is 1.94. The third-order valence-electron chi connectivity index (χ3n) is 3.61. The highest BCUT2D eigenvalue weighted by Gasteiger charge is 2.09. The third kappa shape index (κ3) is 2.08. The molecule has 0 N–H and O–H groups in total. The van der Waals surface area contributed by atoms with E-state index in [0.717, 1.165) is 21.8 Å². The number of nitrogens with zero attached hydrogens (tertiary/aromatic N) is 3. The van der Waals surface area contributed by atoms with E-state index in [-0.39, 0.29) is 0 Å². The van der Waals surface area contributed by atoms with Crippen LogP contribution in [-0.2, 0) is 0 Å². The SMILES string of the molecule is CSc1ccn2ncc(-c3ccc4ccccc4c3)c2n1. The number of hydrogen-bond acceptors (Lipinski definition) is 3. The van der Waals surface area contributed by atoms with Gasteiger partial charge in [-0.15, -0.1) is 11.8 Å². The molecule has 4 rings (SSSR count). The summed E-state index contributed by atoms with van der Waals surface area (Å²) in [5.41, 5.74) is 3.11. The van der Waals surface area contributed by atoms with Crippen LogP contribution < -0.4 is 0 Å². The number of hydrogen-bond donors (Lipinski definition) is 0. The van der Waals surface area contributed by atoms with Gasteiger partial charge < -0.3 is 0 Å². The van der Waals surface area contributed by atoms with E-state index in [2.05, 4.69) is 52.5 Å². The van der Waals surface area contributed by atoms with Crippen molar-refractivity contribution < 1.29 is 0 Å². The van der Waals surface area contributed by atoms with Crippen LogP contribution in [0.5, 0.6) is 0 Å². The van der Waals surface area contributed by atoms with E-state index in [1.54, 1.807) is 11.8 Å². The van der Waals surface area contributed by atoms with Crippen LogP contribution in [0, 0.1) is 0 Å². The second-order valence-corrected chi connectivity index (χ2v) is 5.68. The van der Waals surface area contributed by atoms with Crippen molar-refractivity contribution in [1.29, 1.82) is 0 Å². The summed E-state index contributed by atoms with van der Waals surface area (Å²) >= 11 is 1.64. The van der Waals surface area contributed by atoms with Crippen LogP contribution >= 0.6 is 11.8 Å². The molecule has 0 bridgehead atoms. The Morgan fingerprint density at radius 1 is 1.00 bits per heavy atom. The van der Waals surface area contributed by atoms with Gasteiger partial charge in [0.1, 0.15) is 0 Å². The standard InChI is InChI=1S/C17H13N3S/c1-21-16-8-9-20-17(19-16)15(11-18-20)14-7-6-12-4-2-3-5-13(12)10-14/h2-11H,1H3. The predicted octanol–water partition coefficient (Wildman–Crippen LogP) is 4.27. The summed E-state index contributed by atoms with van der Waals surface area (Å²) in [6, 6.07) is 16.8. The van der Waals surface area contributed by atoms with Gasteiger partial charge in [-0.1, -0.05) is 36.4 Å². The van der Waals surface area contributed by atoms with E-state index in [1.807, 2.05) is 29.2 Å². The minimum absolute atomic E-state index is 0.900. The zero-order valence-corrected chi connectivity index (χ0v) is 12.3. The molecule has 0 aliphatic heterocycles. The zero-order valence-electron chi connectivity index (χ0n) is 11.5. The van der Waals surface area contributed by atoms with Crippen molar-refractivity contribution in [3.63, 3.8) is 0 Å². The fourth-order valence-electron chi connectivity index (χ4n) is 2.53. The first-order chi connectivity index (χ1) is 10.3. The van der Waals surface area contributed by atoms with Crippen molar-refractivity contribution in [3.8, 4) is 11.1 Å². The van der Waals surface area contributed by atoms with E-state index >= 15 is 0 Å². The number of rotatable bonds is 2. The first-order valence-electron chi connectivity index (χ1n) is 6.73. The maximum atomic E-state index is 4.67. The highest BCUT2D eigenvalue weighted by atomic mass is 32.2. The molecule has 4 aromatic rings. The van der Waals surface area contributed by atoms with Crippen LogP contribution in [0.15, 0.2) is 66.0 Å². The normalized spacial score (nSPS) is 11.3. The van der Waals surface area contributed by atoms with Gasteiger partial charge in [-0.2, -0.15) is 5.10 Å². The molecule has 2 aromatic carbocycles. The van der Waals surface area contributed by atoms with Crippen molar-refractivity contribution in [2.45, 2.75) is 5.03 Å². The highest BCUT2D eigenvalue weighted by Crippen LogP contribution is 2.27. The summed E-state index contributed by atoms with van der Waals surface area (Å²) in [6.07, 6.45) is 5.88. The number of benzene rings is 2. The molecule has 0 aliphatic rings. The van der Waals surface area contributed by atoms with E-state index in [0.29, 0.717) is 0 Å². The van der Waals surface area contributed by atoms with Gasteiger partial charge in [0.05, 0.1) is 11.2 Å². The Bertz CT molecular complexity index is 943. The molecule has 102 valence electrons. The number of thioether (sulfide) groups is 1. The Labute approximate surface area is 126 Å². The Morgan fingerprint density at radius 2 is 1.86 bits per heavy atom. The van der Waals surface area contributed by atoms with Gasteiger partial charge in [-0.05, 0) is 34.7 Å². The van der Waals surface area contributed by atoms with Gasteiger partial charge in [0.2, 0.25) is 0 Å². The predicted molar refractivity (Wildman–Crippen MR) is 87.7 cm³/mol. The molecule has 4 heteroatoms. The molecule has 21 heavy (non-hydrogen) atoms. The molecule has 2 aromatic heterocycles. The number of fused-ring (bicyclic) bond motifs is 2. The second kappa shape index (κ2) is 4.90. The summed E-state index contributed by atoms with van der Waals surface area (Å²) < 4.78 is 1.82. The molecule has 0 saturated heterocycles. The number of aromatic nitrogens is 3. The summed E-state index contributed by atoms with van der Waals surface area (Å²) in [5.74, 6) is 0. The van der Waals surface area contributed by atoms with Gasteiger partial charge in [-0.25, -0.2) is 9.50 Å². The summed E-state index contributed by atoms with van der Waals surface area (Å²) in [5, 5.41) is 7.88. The maximum absolute atomic E-state index is 4.67. The topological polar surface area (TPSA) is 30.2 Å². The van der Waals surface area contributed by atoms with Crippen molar-refractivity contribution in [3.05, 3.63) is 60.9 Å². The van der Waals surface area contributed by atoms with Gasteiger partial charge in [-0.3, -0.25) is 0 Å². The van der Waals surface area contributed by atoms with E-state index in [1.165, 1.54) is 10.8 Å². The van der Waals surface area contributed by atoms with E-state index in [9.17, 15) is 0 Å². The minimum atomic E-state index is 0.900. The summed E-state index contributed by atoms with van der Waals surface area (Å²) in [4.78, 5) is 4.67. The van der Waals surface area contributed by atoms with Gasteiger partial charge in [0.25, 0.3) is 0 Å². The first-order valence-corrected chi connectivity index (χ1v) is 7.95. The average Bonchev–Trinajstić information content (AvgIpc) is 2.97. The van der Waals surface area contributed by atoms with Crippen LogP contribution in [0.25, 0.3) is 27.5 Å². The molecular weight excluding hydrogens is 278 g/mol. The monoisotopic (exact) mass is 291 g/mol. The van der Waals surface area contributed by atoms with Gasteiger partial charge in [0.15, 0.2) is 5.65 Å². The largest absolute Gasteiger partial charge is 0.222 e. The van der Waals surface area contributed by atoms with Crippen LogP contribution in [-0.4, -0.2) is 20.9 Å². The molecule has 0 amide bonds. The summed E-state index contributed by atoms with van der Waals surface area (Å²) in [6.45, 7) is 0. The van der Waals surface area contributed by atoms with Crippen molar-refractivity contribution in [2.24, 2.45) is 0 Å². The lowest BCUT2D eigenvalue weighted by molar-refractivity contribution is 0.915. The van der Waals surface area contributed by atoms with Gasteiger partial charge in [0, 0.05) is 11.8 Å². The quantitative estimate of drug-likeness (QED) is 0.408. The van der Waals surface area contributed by atoms with Crippen LogP contribution in [0.3, 0.4) is 0 Å². The molecule has 0 spiro atoms. The van der Waals surface area contributed by atoms with E-state index in [4.69, 9.17) is 0 Å². The van der Waals surface area contributed by atoms with Crippen molar-refractivity contribution >= 4 is 28.2 Å². The first kappa shape index (κ1) is 12.4. The molecule has 0 fully saturated rings. The smallest absolute Gasteiger partial charge is 0.164 e. The lowest BCUT2D eigenvalue weighted by Crippen LogP contribution is -1.91. The van der Waals surface area contributed by atoms with Crippen LogP contribution in [0.4, 0.5) is 0 Å². The molecule has 0 aliphatic carbocycles. The fourth-order valence-corrected chi connectivity index (χ4v) is 2.90. The van der Waals surface area contributed by atoms with Crippen molar-refractivity contribution in [2.75, 3.05) is 6.26 Å². The lowest BCUT2D eigenvalue weighted by atomic mass is 10.0. The molecule has 0 atom stereocenters. The minimum Gasteiger partial charge on any atom is -0.222 e. The molecule has 3 nitrogen and oxygen atoms in total. The molecule has 0 unspecified atom stereocenters. The summed E-state index contributed by atoms with van der Waals surface area (Å²) in [7, 11) is 0. The van der Waals surface area contributed by atoms with Gasteiger partial charge >= 0.3 is 0 Å². The molecule has 2 heterocycles. The molecule has 0 radical (unpaired) electrons. The average molecular weight is 291 g/mol. The third-order valence-corrected chi connectivity index (χ3v) is 4.26.